The molecule has 1 N–H and O–H groups in total. The summed E-state index contributed by atoms with van der Waals surface area (Å²) in [5, 5.41) is 3.33. The van der Waals surface area contributed by atoms with Crippen molar-refractivity contribution in [2.24, 2.45) is 0 Å². The Hall–Kier alpha value is -1.85. The van der Waals surface area contributed by atoms with Gasteiger partial charge in [0.1, 0.15) is 12.6 Å². The summed E-state index contributed by atoms with van der Waals surface area (Å²) in [6.07, 6.45) is 1.05. The van der Waals surface area contributed by atoms with Crippen LogP contribution in [0.1, 0.15) is 33.3 Å². The predicted octanol–water partition coefficient (Wildman–Crippen LogP) is 4.04. The van der Waals surface area contributed by atoms with Crippen LogP contribution in [0.5, 0.6) is 0 Å². The van der Waals surface area contributed by atoms with Crippen LogP contribution in [0.3, 0.4) is 0 Å². The number of amides is 2. The number of anilines is 1. The number of carbonyl (C=O) groups excluding carboxylic acids is 2. The van der Waals surface area contributed by atoms with Crippen molar-refractivity contribution < 1.29 is 18.0 Å². The predicted molar refractivity (Wildman–Crippen MR) is 141 cm³/mol. The number of hydrogen-bond acceptors (Lipinski definition) is 4. The molecule has 0 spiro atoms. The fraction of sp³-hybridized carbons (Fsp3) is 0.391. The van der Waals surface area contributed by atoms with Crippen molar-refractivity contribution >= 4 is 61.7 Å². The second-order valence-electron chi connectivity index (χ2n) is 8.77. The second kappa shape index (κ2) is 11.1. The molecule has 180 valence electrons. The van der Waals surface area contributed by atoms with E-state index in [-0.39, 0.29) is 12.5 Å². The SMILES string of the molecule is C[C@@H](C(=O)NC(C)(C)C)N(Cc1ccccc1Cl)C(=O)CN(c1ccc(I)cc1)S(C)(=O)=O. The minimum absolute atomic E-state index is 0.0571. The van der Waals surface area contributed by atoms with E-state index in [4.69, 9.17) is 11.6 Å². The van der Waals surface area contributed by atoms with E-state index in [2.05, 4.69) is 27.9 Å². The van der Waals surface area contributed by atoms with Crippen LogP contribution in [0.2, 0.25) is 5.02 Å². The summed E-state index contributed by atoms with van der Waals surface area (Å²) >= 11 is 8.43. The third-order valence-corrected chi connectivity index (χ3v) is 6.99. The van der Waals surface area contributed by atoms with Gasteiger partial charge in [-0.15, -0.1) is 0 Å². The number of rotatable bonds is 8. The van der Waals surface area contributed by atoms with Crippen molar-refractivity contribution in [2.75, 3.05) is 17.1 Å². The van der Waals surface area contributed by atoms with Crippen molar-refractivity contribution in [1.29, 1.82) is 0 Å². The molecule has 7 nitrogen and oxygen atoms in total. The van der Waals surface area contributed by atoms with Gasteiger partial charge in [0.15, 0.2) is 0 Å². The molecular formula is C23H29ClIN3O4S. The third-order valence-electron chi connectivity index (χ3n) is 4.76. The van der Waals surface area contributed by atoms with Gasteiger partial charge in [0.05, 0.1) is 11.9 Å². The molecule has 0 saturated heterocycles. The Balaban J connectivity index is 2.41. The molecule has 0 saturated carbocycles. The quantitative estimate of drug-likeness (QED) is 0.460. The van der Waals surface area contributed by atoms with Gasteiger partial charge >= 0.3 is 0 Å². The highest BCUT2D eigenvalue weighted by molar-refractivity contribution is 14.1. The molecule has 0 unspecified atom stereocenters. The molecule has 0 aliphatic rings. The lowest BCUT2D eigenvalue weighted by molar-refractivity contribution is -0.140. The molecule has 0 fully saturated rings. The van der Waals surface area contributed by atoms with E-state index in [1.165, 1.54) is 4.90 Å². The van der Waals surface area contributed by atoms with Gasteiger partial charge in [0.2, 0.25) is 21.8 Å². The summed E-state index contributed by atoms with van der Waals surface area (Å²) in [5.74, 6) is -0.862. The van der Waals surface area contributed by atoms with E-state index in [1.807, 2.05) is 20.8 Å². The first-order valence-electron chi connectivity index (χ1n) is 10.3. The zero-order chi connectivity index (χ0) is 25.0. The van der Waals surface area contributed by atoms with Crippen molar-refractivity contribution in [3.8, 4) is 0 Å². The van der Waals surface area contributed by atoms with E-state index in [1.54, 1.807) is 55.5 Å². The molecule has 2 rings (SSSR count). The first kappa shape index (κ1) is 27.4. The normalized spacial score (nSPS) is 12.7. The lowest BCUT2D eigenvalue weighted by Gasteiger charge is -2.33. The summed E-state index contributed by atoms with van der Waals surface area (Å²) in [7, 11) is -3.76. The van der Waals surface area contributed by atoms with Gasteiger partial charge in [-0.05, 0) is 86.2 Å². The molecule has 0 bridgehead atoms. The summed E-state index contributed by atoms with van der Waals surface area (Å²) in [6, 6.07) is 13.0. The van der Waals surface area contributed by atoms with Gasteiger partial charge in [0, 0.05) is 20.7 Å². The smallest absolute Gasteiger partial charge is 0.244 e. The number of sulfonamides is 1. The highest BCUT2D eigenvalue weighted by Gasteiger charge is 2.31. The van der Waals surface area contributed by atoms with E-state index in [0.29, 0.717) is 16.3 Å². The molecule has 10 heteroatoms. The summed E-state index contributed by atoms with van der Waals surface area (Å²) < 4.78 is 27.0. The average Bonchev–Trinajstić information content (AvgIpc) is 2.69. The number of nitrogens with one attached hydrogen (secondary N) is 1. The minimum atomic E-state index is -3.76. The Morgan fingerprint density at radius 1 is 1.09 bits per heavy atom. The van der Waals surface area contributed by atoms with Gasteiger partial charge in [-0.1, -0.05) is 29.8 Å². The highest BCUT2D eigenvalue weighted by Crippen LogP contribution is 2.22. The van der Waals surface area contributed by atoms with Gasteiger partial charge in [0.25, 0.3) is 0 Å². The number of carbonyl (C=O) groups is 2. The number of nitrogens with zero attached hydrogens (tertiary/aromatic N) is 2. The zero-order valence-corrected chi connectivity index (χ0v) is 23.0. The summed E-state index contributed by atoms with van der Waals surface area (Å²) in [6.45, 7) is 6.77. The first-order chi connectivity index (χ1) is 15.2. The first-order valence-corrected chi connectivity index (χ1v) is 13.6. The largest absolute Gasteiger partial charge is 0.350 e. The third kappa shape index (κ3) is 8.15. The van der Waals surface area contributed by atoms with E-state index >= 15 is 0 Å². The van der Waals surface area contributed by atoms with Gasteiger partial charge in [-0.25, -0.2) is 8.42 Å². The molecule has 0 aliphatic heterocycles. The standard InChI is InChI=1S/C23H29ClIN3O4S/c1-16(22(30)26-23(2,3)4)27(14-17-8-6-7-9-20(17)24)21(29)15-28(33(5,31)32)19-12-10-18(25)11-13-19/h6-13,16H,14-15H2,1-5H3,(H,26,30)/t16-/m0/s1. The van der Waals surface area contributed by atoms with E-state index in [0.717, 1.165) is 14.1 Å². The molecule has 2 amide bonds. The van der Waals surface area contributed by atoms with Crippen molar-refractivity contribution in [3.05, 3.63) is 62.7 Å². The van der Waals surface area contributed by atoms with Crippen LogP contribution < -0.4 is 9.62 Å². The van der Waals surface area contributed by atoms with E-state index in [9.17, 15) is 18.0 Å². The molecule has 2 aromatic rings. The summed E-state index contributed by atoms with van der Waals surface area (Å²) in [5.41, 5.74) is 0.531. The molecule has 0 radical (unpaired) electrons. The molecule has 33 heavy (non-hydrogen) atoms. The van der Waals surface area contributed by atoms with Crippen LogP contribution in [-0.2, 0) is 26.2 Å². The average molecular weight is 606 g/mol. The maximum absolute atomic E-state index is 13.5. The Kier molecular flexibility index (Phi) is 9.17. The van der Waals surface area contributed by atoms with Crippen molar-refractivity contribution in [1.82, 2.24) is 10.2 Å². The maximum Gasteiger partial charge on any atom is 0.244 e. The maximum atomic E-state index is 13.5. The van der Waals surface area contributed by atoms with Crippen molar-refractivity contribution in [3.63, 3.8) is 0 Å². The van der Waals surface area contributed by atoms with Crippen LogP contribution in [0.15, 0.2) is 48.5 Å². The Morgan fingerprint density at radius 3 is 2.18 bits per heavy atom. The Bertz CT molecular complexity index is 1100. The number of benzene rings is 2. The molecule has 0 aromatic heterocycles. The molecule has 2 aromatic carbocycles. The molecule has 0 aliphatic carbocycles. The van der Waals surface area contributed by atoms with Crippen LogP contribution in [-0.4, -0.2) is 49.5 Å². The fourth-order valence-corrected chi connectivity index (χ4v) is 4.49. The molecule has 0 heterocycles. The van der Waals surface area contributed by atoms with Crippen molar-refractivity contribution in [2.45, 2.75) is 45.8 Å². The molecule has 1 atom stereocenters. The Labute approximate surface area is 214 Å². The summed E-state index contributed by atoms with van der Waals surface area (Å²) in [4.78, 5) is 27.7. The Morgan fingerprint density at radius 2 is 1.67 bits per heavy atom. The van der Waals surface area contributed by atoms with Crippen LogP contribution in [0, 0.1) is 3.57 Å². The highest BCUT2D eigenvalue weighted by atomic mass is 127. The number of hydrogen-bond donors (Lipinski definition) is 1. The van der Waals surface area contributed by atoms with Gasteiger partial charge in [-0.3, -0.25) is 13.9 Å². The van der Waals surface area contributed by atoms with Crippen LogP contribution >= 0.6 is 34.2 Å². The van der Waals surface area contributed by atoms with Gasteiger partial charge < -0.3 is 10.2 Å². The van der Waals surface area contributed by atoms with Crippen LogP contribution in [0.25, 0.3) is 0 Å². The molecular weight excluding hydrogens is 577 g/mol. The minimum Gasteiger partial charge on any atom is -0.350 e. The topological polar surface area (TPSA) is 86.8 Å². The fourth-order valence-electron chi connectivity index (χ4n) is 3.09. The lowest BCUT2D eigenvalue weighted by Crippen LogP contribution is -2.54. The van der Waals surface area contributed by atoms with E-state index < -0.39 is 34.1 Å². The second-order valence-corrected chi connectivity index (χ2v) is 12.3. The zero-order valence-electron chi connectivity index (χ0n) is 19.3. The number of halogens is 2. The van der Waals surface area contributed by atoms with Crippen LogP contribution in [0.4, 0.5) is 5.69 Å². The van der Waals surface area contributed by atoms with Gasteiger partial charge in [-0.2, -0.15) is 0 Å². The monoisotopic (exact) mass is 605 g/mol. The lowest BCUT2D eigenvalue weighted by atomic mass is 10.1.